The third kappa shape index (κ3) is 6.69. The fourth-order valence-electron chi connectivity index (χ4n) is 1.42. The second-order valence-electron chi connectivity index (χ2n) is 3.77. The summed E-state index contributed by atoms with van der Waals surface area (Å²) in [4.78, 5) is 0. The molecule has 0 aliphatic carbocycles. The Morgan fingerprint density at radius 3 is 1.67 bits per heavy atom. The Morgan fingerprint density at radius 2 is 1.33 bits per heavy atom. The van der Waals surface area contributed by atoms with Crippen molar-refractivity contribution in [3.05, 3.63) is 0 Å². The zero-order valence-electron chi connectivity index (χ0n) is 8.69. The molecule has 0 heteroatoms. The van der Waals surface area contributed by atoms with Gasteiger partial charge in [0.1, 0.15) is 0 Å². The highest BCUT2D eigenvalue weighted by Gasteiger charge is 2.05. The molecule has 0 aromatic heterocycles. The van der Waals surface area contributed by atoms with Gasteiger partial charge in [-0.3, -0.25) is 0 Å². The number of hydrogen-bond donors (Lipinski definition) is 0. The first kappa shape index (κ1) is 14.5. The van der Waals surface area contributed by atoms with Crippen molar-refractivity contribution in [2.24, 2.45) is 11.8 Å². The van der Waals surface area contributed by atoms with E-state index < -0.39 is 0 Å². The molecular formula is C12H28. The molecule has 0 bridgehead atoms. The quantitative estimate of drug-likeness (QED) is 0.535. The van der Waals surface area contributed by atoms with E-state index in [1.165, 1.54) is 32.1 Å². The van der Waals surface area contributed by atoms with Crippen LogP contribution in [0.2, 0.25) is 0 Å². The molecule has 12 heavy (non-hydrogen) atoms. The van der Waals surface area contributed by atoms with Crippen LogP contribution in [0.4, 0.5) is 0 Å². The van der Waals surface area contributed by atoms with E-state index in [0.717, 1.165) is 11.8 Å². The highest BCUT2D eigenvalue weighted by molar-refractivity contribution is 4.58. The summed E-state index contributed by atoms with van der Waals surface area (Å²) in [7, 11) is 0. The topological polar surface area (TPSA) is 0 Å². The van der Waals surface area contributed by atoms with Crippen molar-refractivity contribution in [1.82, 2.24) is 0 Å². The third-order valence-electron chi connectivity index (χ3n) is 2.92. The van der Waals surface area contributed by atoms with Gasteiger partial charge in [0.2, 0.25) is 0 Å². The van der Waals surface area contributed by atoms with Crippen LogP contribution in [0.1, 0.15) is 67.2 Å². The molecule has 0 saturated carbocycles. The minimum absolute atomic E-state index is 0. The highest BCUT2D eigenvalue weighted by Crippen LogP contribution is 2.19. The predicted octanol–water partition coefficient (Wildman–Crippen LogP) is 4.89. The SMILES string of the molecule is C.CCC(C)CCC(CC)CC. The van der Waals surface area contributed by atoms with E-state index in [1.54, 1.807) is 0 Å². The Hall–Kier alpha value is 0. The lowest BCUT2D eigenvalue weighted by Gasteiger charge is -2.14. The van der Waals surface area contributed by atoms with Crippen LogP contribution >= 0.6 is 0 Å². The molecule has 76 valence electrons. The van der Waals surface area contributed by atoms with Gasteiger partial charge >= 0.3 is 0 Å². The van der Waals surface area contributed by atoms with Crippen LogP contribution in [0.5, 0.6) is 0 Å². The van der Waals surface area contributed by atoms with Crippen LogP contribution in [-0.2, 0) is 0 Å². The van der Waals surface area contributed by atoms with Crippen molar-refractivity contribution in [3.63, 3.8) is 0 Å². The van der Waals surface area contributed by atoms with Gasteiger partial charge in [-0.1, -0.05) is 67.2 Å². The molecule has 0 aliphatic rings. The Bertz CT molecular complexity index is 72.1. The van der Waals surface area contributed by atoms with Gasteiger partial charge in [-0.25, -0.2) is 0 Å². The fraction of sp³-hybridized carbons (Fsp3) is 1.00. The molecule has 0 heterocycles. The molecule has 0 rings (SSSR count). The normalized spacial score (nSPS) is 12.8. The van der Waals surface area contributed by atoms with Crippen LogP contribution in [0.15, 0.2) is 0 Å². The highest BCUT2D eigenvalue weighted by atomic mass is 14.1. The monoisotopic (exact) mass is 172 g/mol. The molecule has 0 aromatic rings. The van der Waals surface area contributed by atoms with Crippen molar-refractivity contribution in [3.8, 4) is 0 Å². The molecule has 1 unspecified atom stereocenters. The van der Waals surface area contributed by atoms with Gasteiger partial charge in [-0.05, 0) is 11.8 Å². The second kappa shape index (κ2) is 9.09. The van der Waals surface area contributed by atoms with E-state index in [0.29, 0.717) is 0 Å². The first-order valence-electron chi connectivity index (χ1n) is 5.24. The van der Waals surface area contributed by atoms with Crippen LogP contribution in [0.3, 0.4) is 0 Å². The van der Waals surface area contributed by atoms with E-state index in [-0.39, 0.29) is 7.43 Å². The van der Waals surface area contributed by atoms with Gasteiger partial charge in [0, 0.05) is 0 Å². The first-order chi connectivity index (χ1) is 5.24. The fourth-order valence-corrected chi connectivity index (χ4v) is 1.42. The smallest absolute Gasteiger partial charge is 0.0419 e. The first-order valence-corrected chi connectivity index (χ1v) is 5.24. The molecule has 0 radical (unpaired) electrons. The van der Waals surface area contributed by atoms with E-state index in [9.17, 15) is 0 Å². The average Bonchev–Trinajstić information content (AvgIpc) is 2.06. The molecule has 0 spiro atoms. The Labute approximate surface area is 79.8 Å². The second-order valence-corrected chi connectivity index (χ2v) is 3.77. The molecule has 0 fully saturated rings. The Kier molecular flexibility index (Phi) is 11.0. The van der Waals surface area contributed by atoms with Gasteiger partial charge in [0.15, 0.2) is 0 Å². The van der Waals surface area contributed by atoms with Gasteiger partial charge in [-0.15, -0.1) is 0 Å². The van der Waals surface area contributed by atoms with Crippen molar-refractivity contribution < 1.29 is 0 Å². The number of hydrogen-bond acceptors (Lipinski definition) is 0. The summed E-state index contributed by atoms with van der Waals surface area (Å²) >= 11 is 0. The maximum atomic E-state index is 2.36. The molecule has 0 N–H and O–H groups in total. The lowest BCUT2D eigenvalue weighted by molar-refractivity contribution is 0.385. The van der Waals surface area contributed by atoms with Crippen molar-refractivity contribution in [2.75, 3.05) is 0 Å². The largest absolute Gasteiger partial charge is 0.0776 e. The van der Waals surface area contributed by atoms with E-state index >= 15 is 0 Å². The van der Waals surface area contributed by atoms with Crippen LogP contribution in [-0.4, -0.2) is 0 Å². The summed E-state index contributed by atoms with van der Waals surface area (Å²) in [5.41, 5.74) is 0. The Balaban J connectivity index is 0. The minimum Gasteiger partial charge on any atom is -0.0776 e. The zero-order chi connectivity index (χ0) is 8.69. The van der Waals surface area contributed by atoms with Gasteiger partial charge in [-0.2, -0.15) is 0 Å². The summed E-state index contributed by atoms with van der Waals surface area (Å²) in [5.74, 6) is 1.93. The average molecular weight is 172 g/mol. The van der Waals surface area contributed by atoms with Crippen molar-refractivity contribution >= 4 is 0 Å². The van der Waals surface area contributed by atoms with Crippen LogP contribution in [0.25, 0.3) is 0 Å². The lowest BCUT2D eigenvalue weighted by atomic mass is 9.92. The Morgan fingerprint density at radius 1 is 0.833 bits per heavy atom. The molecule has 0 amide bonds. The number of rotatable bonds is 6. The molecule has 1 atom stereocenters. The maximum absolute atomic E-state index is 2.36. The molecular weight excluding hydrogens is 144 g/mol. The third-order valence-corrected chi connectivity index (χ3v) is 2.92. The van der Waals surface area contributed by atoms with Crippen LogP contribution in [0, 0.1) is 11.8 Å². The minimum atomic E-state index is 0. The molecule has 0 aliphatic heterocycles. The standard InChI is InChI=1S/C11H24.CH4/c1-5-10(4)8-9-11(6-2)7-3;/h10-11H,5-9H2,1-4H3;1H4. The van der Waals surface area contributed by atoms with Gasteiger partial charge in [0.05, 0.1) is 0 Å². The van der Waals surface area contributed by atoms with Crippen molar-refractivity contribution in [2.45, 2.75) is 67.2 Å². The van der Waals surface area contributed by atoms with Crippen LogP contribution < -0.4 is 0 Å². The summed E-state index contributed by atoms with van der Waals surface area (Å²) in [6.45, 7) is 9.27. The van der Waals surface area contributed by atoms with E-state index in [1.807, 2.05) is 0 Å². The molecule has 0 nitrogen and oxygen atoms in total. The summed E-state index contributed by atoms with van der Waals surface area (Å²) in [6, 6.07) is 0. The van der Waals surface area contributed by atoms with Gasteiger partial charge in [0.25, 0.3) is 0 Å². The predicted molar refractivity (Wildman–Crippen MR) is 59.5 cm³/mol. The van der Waals surface area contributed by atoms with E-state index in [2.05, 4.69) is 27.7 Å². The molecule has 0 saturated heterocycles. The lowest BCUT2D eigenvalue weighted by Crippen LogP contribution is -2.00. The zero-order valence-corrected chi connectivity index (χ0v) is 8.69. The summed E-state index contributed by atoms with van der Waals surface area (Å²) in [6.07, 6.45) is 6.96. The van der Waals surface area contributed by atoms with Crippen molar-refractivity contribution in [1.29, 1.82) is 0 Å². The molecule has 0 aromatic carbocycles. The summed E-state index contributed by atoms with van der Waals surface area (Å²) < 4.78 is 0. The van der Waals surface area contributed by atoms with Gasteiger partial charge < -0.3 is 0 Å². The summed E-state index contributed by atoms with van der Waals surface area (Å²) in [5, 5.41) is 0. The maximum Gasteiger partial charge on any atom is -0.0419 e. The van der Waals surface area contributed by atoms with E-state index in [4.69, 9.17) is 0 Å².